The Bertz CT molecular complexity index is 1180. The van der Waals surface area contributed by atoms with E-state index in [9.17, 15) is 9.18 Å². The molecule has 1 aliphatic heterocycles. The molecule has 3 heterocycles. The van der Waals surface area contributed by atoms with Gasteiger partial charge < -0.3 is 19.5 Å². The van der Waals surface area contributed by atoms with Crippen LogP contribution in [-0.2, 0) is 0 Å². The smallest absolute Gasteiger partial charge is 0.258 e. The number of rotatable bonds is 5. The summed E-state index contributed by atoms with van der Waals surface area (Å²) in [5, 5.41) is 13.0. The summed E-state index contributed by atoms with van der Waals surface area (Å²) in [5.74, 6) is 0.561. The summed E-state index contributed by atoms with van der Waals surface area (Å²) in [5.41, 5.74) is 3.53. The van der Waals surface area contributed by atoms with E-state index in [1.165, 1.54) is 12.4 Å². The molecular weight excluding hydrogens is 415 g/mol. The Hall–Kier alpha value is -3.40. The maximum atomic E-state index is 14.4. The van der Waals surface area contributed by atoms with Crippen LogP contribution in [0.3, 0.4) is 0 Å². The first-order chi connectivity index (χ1) is 15.4. The standard InChI is InChI=1S/C22H25FN6O3/c1-13-17(18-19(26-22(2)5-6-22)24-12-25-20(18)32-13)21(30)29-9-7-28(8-10-29)16-4-3-14(27-31)11-15(16)23/h3-4,11-12,27,31H,5-10H2,1-2H3,(H,24,25,26). The lowest BCUT2D eigenvalue weighted by Gasteiger charge is -2.36. The second kappa shape index (κ2) is 7.63. The fourth-order valence-corrected chi connectivity index (χ4v) is 4.14. The van der Waals surface area contributed by atoms with Gasteiger partial charge in [0.15, 0.2) is 0 Å². The van der Waals surface area contributed by atoms with E-state index >= 15 is 0 Å². The number of nitrogens with one attached hydrogen (secondary N) is 2. The van der Waals surface area contributed by atoms with E-state index < -0.39 is 5.82 Å². The number of piperazine rings is 1. The lowest BCUT2D eigenvalue weighted by atomic mass is 10.1. The molecule has 1 saturated carbocycles. The van der Waals surface area contributed by atoms with Crippen molar-refractivity contribution in [1.82, 2.24) is 14.9 Å². The summed E-state index contributed by atoms with van der Waals surface area (Å²) in [6.07, 6.45) is 3.54. The Morgan fingerprint density at radius 2 is 1.97 bits per heavy atom. The minimum absolute atomic E-state index is 0.0103. The highest BCUT2D eigenvalue weighted by Gasteiger charge is 2.39. The number of fused-ring (bicyclic) bond motifs is 1. The molecule has 0 atom stereocenters. The fourth-order valence-electron chi connectivity index (χ4n) is 4.14. The van der Waals surface area contributed by atoms with Crippen molar-refractivity contribution in [2.24, 2.45) is 0 Å². The van der Waals surface area contributed by atoms with E-state index in [2.05, 4.69) is 22.2 Å². The third-order valence-electron chi connectivity index (χ3n) is 6.28. The molecule has 1 amide bonds. The second-order valence-electron chi connectivity index (χ2n) is 8.68. The van der Waals surface area contributed by atoms with Crippen LogP contribution in [0.5, 0.6) is 0 Å². The summed E-state index contributed by atoms with van der Waals surface area (Å²) in [6.45, 7) is 5.75. The predicted molar refractivity (Wildman–Crippen MR) is 118 cm³/mol. The highest BCUT2D eigenvalue weighted by Crippen LogP contribution is 2.40. The van der Waals surface area contributed by atoms with Gasteiger partial charge in [-0.1, -0.05) is 0 Å². The Balaban J connectivity index is 1.37. The third kappa shape index (κ3) is 3.60. The Labute approximate surface area is 184 Å². The van der Waals surface area contributed by atoms with Crippen molar-refractivity contribution in [2.45, 2.75) is 32.2 Å². The van der Waals surface area contributed by atoms with Crippen molar-refractivity contribution in [3.63, 3.8) is 0 Å². The zero-order valence-corrected chi connectivity index (χ0v) is 18.0. The van der Waals surface area contributed by atoms with Gasteiger partial charge in [0.1, 0.15) is 23.7 Å². The number of aromatic nitrogens is 2. The van der Waals surface area contributed by atoms with E-state index in [0.717, 1.165) is 12.8 Å². The molecule has 0 spiro atoms. The van der Waals surface area contributed by atoms with E-state index in [0.29, 0.717) is 60.1 Å². The Morgan fingerprint density at radius 3 is 2.62 bits per heavy atom. The third-order valence-corrected chi connectivity index (χ3v) is 6.28. The molecule has 2 fully saturated rings. The largest absolute Gasteiger partial charge is 0.442 e. The van der Waals surface area contributed by atoms with E-state index in [-0.39, 0.29) is 17.1 Å². The number of amides is 1. The molecule has 0 bridgehead atoms. The minimum atomic E-state index is -0.429. The number of carbonyl (C=O) groups is 1. The molecule has 3 aromatic rings. The minimum Gasteiger partial charge on any atom is -0.442 e. The number of hydrogen-bond donors (Lipinski definition) is 3. The highest BCUT2D eigenvalue weighted by atomic mass is 19.1. The maximum Gasteiger partial charge on any atom is 0.258 e. The van der Waals surface area contributed by atoms with Crippen LogP contribution in [0.25, 0.3) is 11.1 Å². The second-order valence-corrected chi connectivity index (χ2v) is 8.68. The Morgan fingerprint density at radius 1 is 1.22 bits per heavy atom. The van der Waals surface area contributed by atoms with Crippen LogP contribution < -0.4 is 15.7 Å². The summed E-state index contributed by atoms with van der Waals surface area (Å²) in [4.78, 5) is 25.7. The molecule has 10 heteroatoms. The molecule has 1 aromatic carbocycles. The van der Waals surface area contributed by atoms with Crippen molar-refractivity contribution in [2.75, 3.05) is 41.9 Å². The van der Waals surface area contributed by atoms with Crippen LogP contribution in [-0.4, -0.2) is 57.7 Å². The Kier molecular flexibility index (Phi) is 4.89. The zero-order chi connectivity index (χ0) is 22.5. The van der Waals surface area contributed by atoms with Crippen molar-refractivity contribution in [1.29, 1.82) is 0 Å². The summed E-state index contributed by atoms with van der Waals surface area (Å²) < 4.78 is 20.2. The number of anilines is 3. The molecule has 1 aliphatic carbocycles. The van der Waals surface area contributed by atoms with Crippen molar-refractivity contribution < 1.29 is 18.8 Å². The van der Waals surface area contributed by atoms with Crippen molar-refractivity contribution >= 4 is 34.2 Å². The highest BCUT2D eigenvalue weighted by molar-refractivity contribution is 6.10. The van der Waals surface area contributed by atoms with Crippen molar-refractivity contribution in [3.05, 3.63) is 41.7 Å². The average molecular weight is 440 g/mol. The van der Waals surface area contributed by atoms with Gasteiger partial charge in [-0.05, 0) is 38.8 Å². The van der Waals surface area contributed by atoms with Gasteiger partial charge in [0, 0.05) is 37.8 Å². The molecule has 2 aromatic heterocycles. The fraction of sp³-hybridized carbons (Fsp3) is 0.409. The molecule has 0 radical (unpaired) electrons. The molecule has 2 aliphatic rings. The lowest BCUT2D eigenvalue weighted by molar-refractivity contribution is 0.0746. The van der Waals surface area contributed by atoms with Crippen LogP contribution in [0, 0.1) is 12.7 Å². The summed E-state index contributed by atoms with van der Waals surface area (Å²) in [7, 11) is 0. The van der Waals surface area contributed by atoms with Gasteiger partial charge in [-0.2, -0.15) is 0 Å². The molecule has 32 heavy (non-hydrogen) atoms. The van der Waals surface area contributed by atoms with Gasteiger partial charge in [-0.15, -0.1) is 0 Å². The van der Waals surface area contributed by atoms with Crippen LogP contribution in [0.15, 0.2) is 28.9 Å². The quantitative estimate of drug-likeness (QED) is 0.519. The molecule has 5 rings (SSSR count). The first-order valence-corrected chi connectivity index (χ1v) is 10.6. The normalized spacial score (nSPS) is 17.5. The van der Waals surface area contributed by atoms with Crippen LogP contribution >= 0.6 is 0 Å². The summed E-state index contributed by atoms with van der Waals surface area (Å²) >= 11 is 0. The van der Waals surface area contributed by atoms with Crippen LogP contribution in [0.2, 0.25) is 0 Å². The molecule has 3 N–H and O–H groups in total. The first kappa shape index (κ1) is 20.5. The number of hydrogen-bond acceptors (Lipinski definition) is 8. The monoisotopic (exact) mass is 440 g/mol. The van der Waals surface area contributed by atoms with E-state index in [4.69, 9.17) is 9.62 Å². The topological polar surface area (TPSA) is 107 Å². The zero-order valence-electron chi connectivity index (χ0n) is 18.0. The van der Waals surface area contributed by atoms with Gasteiger partial charge in [0.25, 0.3) is 5.91 Å². The van der Waals surface area contributed by atoms with Gasteiger partial charge >= 0.3 is 0 Å². The molecule has 1 saturated heterocycles. The maximum absolute atomic E-state index is 14.4. The van der Waals surface area contributed by atoms with Crippen molar-refractivity contribution in [3.8, 4) is 0 Å². The van der Waals surface area contributed by atoms with Gasteiger partial charge in [-0.25, -0.2) is 14.4 Å². The predicted octanol–water partition coefficient (Wildman–Crippen LogP) is 3.40. The van der Waals surface area contributed by atoms with E-state index in [1.807, 2.05) is 10.4 Å². The lowest BCUT2D eigenvalue weighted by Crippen LogP contribution is -2.49. The van der Waals surface area contributed by atoms with Gasteiger partial charge in [0.05, 0.1) is 22.3 Å². The molecule has 9 nitrogen and oxygen atoms in total. The van der Waals surface area contributed by atoms with E-state index in [1.54, 1.807) is 24.0 Å². The molecular formula is C22H25FN6O3. The van der Waals surface area contributed by atoms with Crippen LogP contribution in [0.4, 0.5) is 21.6 Å². The number of furan rings is 1. The molecule has 0 unspecified atom stereocenters. The van der Waals surface area contributed by atoms with Gasteiger partial charge in [-0.3, -0.25) is 15.5 Å². The number of halogens is 1. The number of nitrogens with zero attached hydrogens (tertiary/aromatic N) is 4. The van der Waals surface area contributed by atoms with Crippen LogP contribution in [0.1, 0.15) is 35.9 Å². The first-order valence-electron chi connectivity index (χ1n) is 10.6. The average Bonchev–Trinajstić information content (AvgIpc) is 3.41. The molecule has 168 valence electrons. The van der Waals surface area contributed by atoms with Gasteiger partial charge in [0.2, 0.25) is 5.71 Å². The number of benzene rings is 1. The SMILES string of the molecule is Cc1oc2ncnc(NC3(C)CC3)c2c1C(=O)N1CCN(c2ccc(NO)cc2F)CC1. The number of carbonyl (C=O) groups excluding carboxylic acids is 1. The summed E-state index contributed by atoms with van der Waals surface area (Å²) in [6, 6.07) is 4.46. The number of aryl methyl sites for hydroxylation is 1.